The number of sulfone groups is 1. The first-order valence-corrected chi connectivity index (χ1v) is 11.0. The molecule has 0 unspecified atom stereocenters. The van der Waals surface area contributed by atoms with Crippen LogP contribution in [0.3, 0.4) is 0 Å². The molecule has 3 rings (SSSR count). The van der Waals surface area contributed by atoms with E-state index in [9.17, 15) is 13.2 Å². The molecule has 3 atom stereocenters. The average molecular weight is 383 g/mol. The van der Waals surface area contributed by atoms with E-state index in [-0.39, 0.29) is 34.6 Å². The van der Waals surface area contributed by atoms with Gasteiger partial charge in [0.1, 0.15) is 5.75 Å². The van der Waals surface area contributed by atoms with Crippen LogP contribution in [0.1, 0.15) is 20.3 Å². The van der Waals surface area contributed by atoms with E-state index in [2.05, 4.69) is 4.99 Å². The smallest absolute Gasteiger partial charge is 0.250 e. The fraction of sp³-hybridized carbons (Fsp3) is 0.529. The largest absolute Gasteiger partial charge is 0.497 e. The van der Waals surface area contributed by atoms with Gasteiger partial charge in [0.05, 0.1) is 24.7 Å². The number of rotatable bonds is 4. The summed E-state index contributed by atoms with van der Waals surface area (Å²) < 4.78 is 29.3. The summed E-state index contributed by atoms with van der Waals surface area (Å²) in [5, 5.41) is 0.510. The van der Waals surface area contributed by atoms with Crippen molar-refractivity contribution in [1.82, 2.24) is 0 Å². The van der Waals surface area contributed by atoms with Gasteiger partial charge < -0.3 is 9.64 Å². The Morgan fingerprint density at radius 2 is 2.04 bits per heavy atom. The van der Waals surface area contributed by atoms with Crippen LogP contribution in [0.15, 0.2) is 29.3 Å². The van der Waals surface area contributed by atoms with Crippen LogP contribution in [0.25, 0.3) is 0 Å². The molecule has 0 radical (unpaired) electrons. The van der Waals surface area contributed by atoms with E-state index in [0.717, 1.165) is 17.9 Å². The zero-order valence-corrected chi connectivity index (χ0v) is 16.1. The number of ether oxygens (including phenoxy) is 1. The lowest BCUT2D eigenvalue weighted by Gasteiger charge is -2.24. The number of anilines is 1. The second-order valence-electron chi connectivity index (χ2n) is 6.41. The van der Waals surface area contributed by atoms with Gasteiger partial charge in [-0.25, -0.2) is 8.42 Å². The highest BCUT2D eigenvalue weighted by atomic mass is 32.2. The summed E-state index contributed by atoms with van der Waals surface area (Å²) in [5.74, 6) is 0.639. The van der Waals surface area contributed by atoms with Crippen LogP contribution in [0, 0.1) is 5.92 Å². The SMILES string of the molecule is CC[C@@H](C)C(=O)N=C1S[C@H]2CS(=O)(=O)C[C@@H]2N1c1ccc(OC)cc1. The monoisotopic (exact) mass is 382 g/mol. The number of hydrogen-bond donors (Lipinski definition) is 0. The van der Waals surface area contributed by atoms with Gasteiger partial charge in [-0.3, -0.25) is 4.79 Å². The Morgan fingerprint density at radius 3 is 2.64 bits per heavy atom. The standard InChI is InChI=1S/C17H22N2O4S2/c1-4-11(2)16(20)18-17-19(12-5-7-13(23-3)8-6-12)14-9-25(21,22)10-15(14)24-17/h5-8,11,14-15H,4,9-10H2,1-3H3/t11-,14+,15+/m1/s1. The lowest BCUT2D eigenvalue weighted by atomic mass is 10.1. The molecule has 2 aliphatic rings. The number of methoxy groups -OCH3 is 1. The number of aliphatic imine (C=N–C) groups is 1. The van der Waals surface area contributed by atoms with E-state index >= 15 is 0 Å². The predicted octanol–water partition coefficient (Wildman–Crippen LogP) is 2.34. The molecule has 0 spiro atoms. The van der Waals surface area contributed by atoms with Gasteiger partial charge in [0.25, 0.3) is 5.91 Å². The molecule has 6 nitrogen and oxygen atoms in total. The zero-order chi connectivity index (χ0) is 18.2. The van der Waals surface area contributed by atoms with Crippen LogP contribution in [0.4, 0.5) is 5.69 Å². The van der Waals surface area contributed by atoms with E-state index in [1.807, 2.05) is 43.0 Å². The summed E-state index contributed by atoms with van der Waals surface area (Å²) in [6, 6.07) is 7.20. The molecule has 0 aromatic heterocycles. The van der Waals surface area contributed by atoms with Gasteiger partial charge in [-0.1, -0.05) is 25.6 Å². The van der Waals surface area contributed by atoms with Crippen molar-refractivity contribution in [2.45, 2.75) is 31.6 Å². The van der Waals surface area contributed by atoms with Crippen molar-refractivity contribution in [3.8, 4) is 5.75 Å². The first-order chi connectivity index (χ1) is 11.8. The molecule has 1 aromatic carbocycles. The molecule has 1 amide bonds. The number of fused-ring (bicyclic) bond motifs is 1. The quantitative estimate of drug-likeness (QED) is 0.796. The summed E-state index contributed by atoms with van der Waals surface area (Å²) in [5.41, 5.74) is 0.827. The van der Waals surface area contributed by atoms with E-state index in [4.69, 9.17) is 4.74 Å². The van der Waals surface area contributed by atoms with Crippen molar-refractivity contribution in [2.24, 2.45) is 10.9 Å². The molecule has 136 valence electrons. The number of carbonyl (C=O) groups excluding carboxylic acids is 1. The third-order valence-corrected chi connectivity index (χ3v) is 7.87. The minimum Gasteiger partial charge on any atom is -0.497 e. The van der Waals surface area contributed by atoms with Crippen molar-refractivity contribution in [3.63, 3.8) is 0 Å². The Hall–Kier alpha value is -1.54. The Morgan fingerprint density at radius 1 is 1.36 bits per heavy atom. The van der Waals surface area contributed by atoms with Crippen molar-refractivity contribution in [2.75, 3.05) is 23.5 Å². The molecular weight excluding hydrogens is 360 g/mol. The third kappa shape index (κ3) is 3.69. The van der Waals surface area contributed by atoms with Crippen molar-refractivity contribution in [3.05, 3.63) is 24.3 Å². The third-order valence-electron chi connectivity index (χ3n) is 4.66. The maximum atomic E-state index is 12.3. The molecule has 8 heteroatoms. The molecule has 2 aliphatic heterocycles. The predicted molar refractivity (Wildman–Crippen MR) is 101 cm³/mol. The number of carbonyl (C=O) groups is 1. The molecule has 0 N–H and O–H groups in total. The van der Waals surface area contributed by atoms with Crippen LogP contribution in [0.2, 0.25) is 0 Å². The normalized spacial score (nSPS) is 27.3. The van der Waals surface area contributed by atoms with Crippen LogP contribution in [-0.4, -0.2) is 49.4 Å². The molecule has 2 saturated heterocycles. The van der Waals surface area contributed by atoms with E-state index in [1.165, 1.54) is 11.8 Å². The number of thioether (sulfide) groups is 1. The summed E-state index contributed by atoms with van der Waals surface area (Å²) in [4.78, 5) is 18.5. The summed E-state index contributed by atoms with van der Waals surface area (Å²) >= 11 is 1.40. The molecule has 25 heavy (non-hydrogen) atoms. The van der Waals surface area contributed by atoms with E-state index in [1.54, 1.807) is 7.11 Å². The molecule has 2 heterocycles. The Labute approximate surface area is 152 Å². The van der Waals surface area contributed by atoms with Gasteiger partial charge in [0, 0.05) is 16.9 Å². The molecule has 0 bridgehead atoms. The number of amides is 1. The van der Waals surface area contributed by atoms with Crippen LogP contribution < -0.4 is 9.64 Å². The second kappa shape index (κ2) is 6.99. The highest BCUT2D eigenvalue weighted by Gasteiger charge is 2.49. The summed E-state index contributed by atoms with van der Waals surface area (Å²) in [7, 11) is -1.46. The molecular formula is C17H22N2O4S2. The average Bonchev–Trinajstić information content (AvgIpc) is 3.05. The Bertz CT molecular complexity index is 789. The topological polar surface area (TPSA) is 76.0 Å². The molecule has 0 saturated carbocycles. The highest BCUT2D eigenvalue weighted by Crippen LogP contribution is 2.41. The van der Waals surface area contributed by atoms with Crippen LogP contribution in [-0.2, 0) is 14.6 Å². The first kappa shape index (κ1) is 18.3. The van der Waals surface area contributed by atoms with Gasteiger partial charge in [0.15, 0.2) is 15.0 Å². The van der Waals surface area contributed by atoms with Crippen molar-refractivity contribution < 1.29 is 17.9 Å². The summed E-state index contributed by atoms with van der Waals surface area (Å²) in [6.45, 7) is 3.81. The zero-order valence-electron chi connectivity index (χ0n) is 14.5. The highest BCUT2D eigenvalue weighted by molar-refractivity contribution is 8.16. The second-order valence-corrected chi connectivity index (χ2v) is 9.77. The van der Waals surface area contributed by atoms with Gasteiger partial charge in [-0.05, 0) is 30.7 Å². The lowest BCUT2D eigenvalue weighted by molar-refractivity contribution is -0.121. The summed E-state index contributed by atoms with van der Waals surface area (Å²) in [6.07, 6.45) is 0.726. The maximum Gasteiger partial charge on any atom is 0.250 e. The molecule has 0 aliphatic carbocycles. The Kier molecular flexibility index (Phi) is 5.11. The number of benzene rings is 1. The van der Waals surface area contributed by atoms with E-state index in [0.29, 0.717) is 5.17 Å². The van der Waals surface area contributed by atoms with Crippen LogP contribution >= 0.6 is 11.8 Å². The number of amidine groups is 1. The number of hydrogen-bond acceptors (Lipinski definition) is 5. The van der Waals surface area contributed by atoms with E-state index < -0.39 is 9.84 Å². The van der Waals surface area contributed by atoms with Crippen molar-refractivity contribution >= 4 is 38.4 Å². The van der Waals surface area contributed by atoms with Gasteiger partial charge >= 0.3 is 0 Å². The van der Waals surface area contributed by atoms with Gasteiger partial charge in [0.2, 0.25) is 0 Å². The van der Waals surface area contributed by atoms with Crippen molar-refractivity contribution in [1.29, 1.82) is 0 Å². The van der Waals surface area contributed by atoms with Crippen LogP contribution in [0.5, 0.6) is 5.75 Å². The lowest BCUT2D eigenvalue weighted by Crippen LogP contribution is -2.37. The molecule has 2 fully saturated rings. The van der Waals surface area contributed by atoms with Gasteiger partial charge in [-0.2, -0.15) is 4.99 Å². The minimum absolute atomic E-state index is 0.0874. The fourth-order valence-electron chi connectivity index (χ4n) is 2.99. The number of nitrogens with zero attached hydrogens (tertiary/aromatic N) is 2. The first-order valence-electron chi connectivity index (χ1n) is 8.27. The maximum absolute atomic E-state index is 12.3. The Balaban J connectivity index is 1.97. The fourth-order valence-corrected chi connectivity index (χ4v) is 6.91. The minimum atomic E-state index is -3.06. The molecule has 1 aromatic rings. The van der Waals surface area contributed by atoms with Gasteiger partial charge in [-0.15, -0.1) is 0 Å².